The van der Waals surface area contributed by atoms with Crippen molar-refractivity contribution in [2.45, 2.75) is 44.1 Å². The number of hydrogen-bond acceptors (Lipinski definition) is 2. The topological polar surface area (TPSA) is 24.1 Å². The third-order valence-electron chi connectivity index (χ3n) is 4.42. The standard InChI is InChI=1S/C16H24N2/c1-2-11-18-16(5-1)14-8-6-13(7-9-14)15-4-3-10-17-12-15/h6-9,15-18H,1-5,10-12H2. The molecule has 2 saturated heterocycles. The average Bonchev–Trinajstić information content (AvgIpc) is 2.49. The molecule has 2 atom stereocenters. The predicted octanol–water partition coefficient (Wildman–Crippen LogP) is 2.97. The Kier molecular flexibility index (Phi) is 3.96. The first-order chi connectivity index (χ1) is 8.93. The molecule has 2 fully saturated rings. The Morgan fingerprint density at radius 1 is 0.833 bits per heavy atom. The molecule has 98 valence electrons. The third kappa shape index (κ3) is 2.76. The van der Waals surface area contributed by atoms with Gasteiger partial charge in [0.2, 0.25) is 0 Å². The van der Waals surface area contributed by atoms with Crippen LogP contribution in [0.1, 0.15) is 55.2 Å². The molecule has 2 heterocycles. The van der Waals surface area contributed by atoms with Gasteiger partial charge in [-0.2, -0.15) is 0 Å². The van der Waals surface area contributed by atoms with Gasteiger partial charge in [-0.1, -0.05) is 30.7 Å². The van der Waals surface area contributed by atoms with Crippen molar-refractivity contribution in [1.82, 2.24) is 10.6 Å². The Bertz CT molecular complexity index is 322. The normalized spacial score (nSPS) is 29.1. The van der Waals surface area contributed by atoms with Crippen molar-refractivity contribution in [3.63, 3.8) is 0 Å². The molecular formula is C16H24N2. The minimum absolute atomic E-state index is 0.595. The molecule has 0 saturated carbocycles. The van der Waals surface area contributed by atoms with Crippen LogP contribution in [-0.4, -0.2) is 19.6 Å². The van der Waals surface area contributed by atoms with Crippen LogP contribution in [0.4, 0.5) is 0 Å². The van der Waals surface area contributed by atoms with Gasteiger partial charge < -0.3 is 10.6 Å². The van der Waals surface area contributed by atoms with E-state index in [4.69, 9.17) is 0 Å². The second-order valence-electron chi connectivity index (χ2n) is 5.71. The Balaban J connectivity index is 1.67. The third-order valence-corrected chi connectivity index (χ3v) is 4.42. The number of hydrogen-bond donors (Lipinski definition) is 2. The van der Waals surface area contributed by atoms with Gasteiger partial charge in [0.05, 0.1) is 0 Å². The molecular weight excluding hydrogens is 220 g/mol. The molecule has 2 nitrogen and oxygen atoms in total. The van der Waals surface area contributed by atoms with Crippen LogP contribution in [0.2, 0.25) is 0 Å². The molecule has 0 radical (unpaired) electrons. The second kappa shape index (κ2) is 5.85. The smallest absolute Gasteiger partial charge is 0.0320 e. The fourth-order valence-corrected chi connectivity index (χ4v) is 3.27. The van der Waals surface area contributed by atoms with E-state index in [1.165, 1.54) is 56.3 Å². The number of nitrogens with one attached hydrogen (secondary N) is 2. The van der Waals surface area contributed by atoms with Gasteiger partial charge in [0.25, 0.3) is 0 Å². The molecule has 2 aliphatic rings. The molecule has 18 heavy (non-hydrogen) atoms. The van der Waals surface area contributed by atoms with Gasteiger partial charge >= 0.3 is 0 Å². The van der Waals surface area contributed by atoms with Gasteiger partial charge in [-0.3, -0.25) is 0 Å². The van der Waals surface area contributed by atoms with Crippen LogP contribution in [0, 0.1) is 0 Å². The lowest BCUT2D eigenvalue weighted by atomic mass is 9.89. The predicted molar refractivity (Wildman–Crippen MR) is 75.9 cm³/mol. The summed E-state index contributed by atoms with van der Waals surface area (Å²) in [6.45, 7) is 3.53. The molecule has 0 aliphatic carbocycles. The lowest BCUT2D eigenvalue weighted by molar-refractivity contribution is 0.412. The maximum absolute atomic E-state index is 3.62. The Morgan fingerprint density at radius 2 is 1.67 bits per heavy atom. The van der Waals surface area contributed by atoms with Crippen LogP contribution in [0.3, 0.4) is 0 Å². The minimum atomic E-state index is 0.595. The van der Waals surface area contributed by atoms with Crippen molar-refractivity contribution in [2.75, 3.05) is 19.6 Å². The summed E-state index contributed by atoms with van der Waals surface area (Å²) in [4.78, 5) is 0. The molecule has 0 aromatic heterocycles. The molecule has 2 heteroatoms. The summed E-state index contributed by atoms with van der Waals surface area (Å²) in [7, 11) is 0. The lowest BCUT2D eigenvalue weighted by Crippen LogP contribution is -2.28. The van der Waals surface area contributed by atoms with E-state index in [1.807, 2.05) is 0 Å². The van der Waals surface area contributed by atoms with Crippen molar-refractivity contribution in [2.24, 2.45) is 0 Å². The summed E-state index contributed by atoms with van der Waals surface area (Å²) in [6, 6.07) is 9.98. The average molecular weight is 244 g/mol. The monoisotopic (exact) mass is 244 g/mol. The van der Waals surface area contributed by atoms with Crippen LogP contribution in [0.5, 0.6) is 0 Å². The van der Waals surface area contributed by atoms with Crippen LogP contribution < -0.4 is 10.6 Å². The van der Waals surface area contributed by atoms with Crippen molar-refractivity contribution in [3.05, 3.63) is 35.4 Å². The van der Waals surface area contributed by atoms with E-state index < -0.39 is 0 Å². The molecule has 0 amide bonds. The Morgan fingerprint density at radius 3 is 2.33 bits per heavy atom. The quantitative estimate of drug-likeness (QED) is 0.836. The number of rotatable bonds is 2. The van der Waals surface area contributed by atoms with Crippen LogP contribution in [0.15, 0.2) is 24.3 Å². The fraction of sp³-hybridized carbons (Fsp3) is 0.625. The Labute approximate surface area is 110 Å². The van der Waals surface area contributed by atoms with E-state index in [9.17, 15) is 0 Å². The zero-order valence-corrected chi connectivity index (χ0v) is 11.1. The first-order valence-corrected chi connectivity index (χ1v) is 7.47. The van der Waals surface area contributed by atoms with Gasteiger partial charge in [0, 0.05) is 12.6 Å². The first-order valence-electron chi connectivity index (χ1n) is 7.47. The summed E-state index contributed by atoms with van der Waals surface area (Å²) in [6.07, 6.45) is 6.66. The van der Waals surface area contributed by atoms with Crippen molar-refractivity contribution in [1.29, 1.82) is 0 Å². The molecule has 1 aromatic rings. The largest absolute Gasteiger partial charge is 0.316 e. The number of piperidine rings is 2. The molecule has 2 aliphatic heterocycles. The van der Waals surface area contributed by atoms with Gasteiger partial charge in [0.15, 0.2) is 0 Å². The van der Waals surface area contributed by atoms with E-state index >= 15 is 0 Å². The highest BCUT2D eigenvalue weighted by molar-refractivity contribution is 5.28. The van der Waals surface area contributed by atoms with E-state index in [0.29, 0.717) is 6.04 Å². The van der Waals surface area contributed by atoms with Crippen LogP contribution in [0.25, 0.3) is 0 Å². The van der Waals surface area contributed by atoms with Crippen molar-refractivity contribution >= 4 is 0 Å². The highest BCUT2D eigenvalue weighted by Gasteiger charge is 2.17. The van der Waals surface area contributed by atoms with Gasteiger partial charge in [-0.15, -0.1) is 0 Å². The van der Waals surface area contributed by atoms with Crippen LogP contribution in [-0.2, 0) is 0 Å². The summed E-state index contributed by atoms with van der Waals surface area (Å²) in [5, 5.41) is 7.12. The summed E-state index contributed by atoms with van der Waals surface area (Å²) >= 11 is 0. The minimum Gasteiger partial charge on any atom is -0.316 e. The zero-order chi connectivity index (χ0) is 12.2. The van der Waals surface area contributed by atoms with Crippen molar-refractivity contribution < 1.29 is 0 Å². The number of benzene rings is 1. The SMILES string of the molecule is c1cc(C2CCCCN2)ccc1C1CCCNC1. The summed E-state index contributed by atoms with van der Waals surface area (Å²) in [5.41, 5.74) is 2.99. The second-order valence-corrected chi connectivity index (χ2v) is 5.71. The van der Waals surface area contributed by atoms with Crippen LogP contribution >= 0.6 is 0 Å². The maximum Gasteiger partial charge on any atom is 0.0320 e. The highest BCUT2D eigenvalue weighted by atomic mass is 14.9. The summed E-state index contributed by atoms with van der Waals surface area (Å²) < 4.78 is 0. The molecule has 2 N–H and O–H groups in total. The van der Waals surface area contributed by atoms with Gasteiger partial charge in [-0.25, -0.2) is 0 Å². The Hall–Kier alpha value is -0.860. The van der Waals surface area contributed by atoms with E-state index in [1.54, 1.807) is 0 Å². The molecule has 0 bridgehead atoms. The van der Waals surface area contributed by atoms with Crippen molar-refractivity contribution in [3.8, 4) is 0 Å². The lowest BCUT2D eigenvalue weighted by Gasteiger charge is -2.26. The maximum atomic E-state index is 3.62. The zero-order valence-electron chi connectivity index (χ0n) is 11.1. The first kappa shape index (κ1) is 12.2. The molecule has 0 spiro atoms. The highest BCUT2D eigenvalue weighted by Crippen LogP contribution is 2.27. The van der Waals surface area contributed by atoms with E-state index in [2.05, 4.69) is 34.9 Å². The van der Waals surface area contributed by atoms with E-state index in [-0.39, 0.29) is 0 Å². The summed E-state index contributed by atoms with van der Waals surface area (Å²) in [5.74, 6) is 0.729. The van der Waals surface area contributed by atoms with Gasteiger partial charge in [0.1, 0.15) is 0 Å². The fourth-order valence-electron chi connectivity index (χ4n) is 3.27. The van der Waals surface area contributed by atoms with Gasteiger partial charge in [-0.05, 0) is 55.8 Å². The molecule has 2 unspecified atom stereocenters. The molecule has 1 aromatic carbocycles. The van der Waals surface area contributed by atoms with E-state index in [0.717, 1.165) is 12.5 Å². The molecule has 3 rings (SSSR count).